The molecule has 2 N–H and O–H groups in total. The molecule has 0 aliphatic carbocycles. The highest BCUT2D eigenvalue weighted by Gasteiger charge is 2.34. The molecule has 11 nitrogen and oxygen atoms in total. The van der Waals surface area contributed by atoms with Gasteiger partial charge in [0.1, 0.15) is 17.6 Å². The van der Waals surface area contributed by atoms with Crippen LogP contribution in [0.5, 0.6) is 11.5 Å². The highest BCUT2D eigenvalue weighted by molar-refractivity contribution is 7.49. The van der Waals surface area contributed by atoms with Crippen LogP contribution >= 0.6 is 15.6 Å². The lowest BCUT2D eigenvalue weighted by atomic mass is 10.0. The number of phenols is 2. The fourth-order valence-corrected chi connectivity index (χ4v) is 4.77. The van der Waals surface area contributed by atoms with Gasteiger partial charge in [-0.15, -0.1) is 0 Å². The fourth-order valence-electron chi connectivity index (χ4n) is 2.43. The number of phosphoric acid groups is 2. The average molecular weight is 494 g/mol. The molecule has 1 aromatic carbocycles. The Morgan fingerprint density at radius 3 is 2.16 bits per heavy atom. The Bertz CT molecular complexity index is 871. The number of aromatic hydroxyl groups is 2. The van der Waals surface area contributed by atoms with Crippen LogP contribution in [-0.2, 0) is 36.3 Å². The molecular formula is C19H28O11P2. The van der Waals surface area contributed by atoms with E-state index in [1.807, 2.05) is 0 Å². The van der Waals surface area contributed by atoms with Gasteiger partial charge < -0.3 is 14.7 Å². The summed E-state index contributed by atoms with van der Waals surface area (Å²) < 4.78 is 55.5. The summed E-state index contributed by atoms with van der Waals surface area (Å²) >= 11 is 0. The van der Waals surface area contributed by atoms with E-state index in [0.717, 1.165) is 6.07 Å². The summed E-state index contributed by atoms with van der Waals surface area (Å²) in [4.78, 5) is 12.5. The number of benzene rings is 1. The number of phenolic OH excluding ortho intramolecular Hbond substituents is 2. The quantitative estimate of drug-likeness (QED) is 0.191. The predicted octanol–water partition coefficient (Wildman–Crippen LogP) is 4.40. The van der Waals surface area contributed by atoms with Crippen molar-refractivity contribution < 1.29 is 51.3 Å². The number of hydrogen-bond acceptors (Lipinski definition) is 11. The second kappa shape index (κ2) is 13.6. The largest absolute Gasteiger partial charge is 0.538 e. The van der Waals surface area contributed by atoms with E-state index in [1.165, 1.54) is 12.1 Å². The summed E-state index contributed by atoms with van der Waals surface area (Å²) in [7, 11) is -8.15. The highest BCUT2D eigenvalue weighted by Crippen LogP contribution is 2.53. The third-order valence-electron chi connectivity index (χ3n) is 3.70. The third-order valence-corrected chi connectivity index (χ3v) is 6.77. The molecule has 0 spiro atoms. The predicted molar refractivity (Wildman–Crippen MR) is 114 cm³/mol. The molecule has 13 heteroatoms. The molecule has 0 aromatic heterocycles. The maximum Gasteiger partial charge on any atom is 0.538 e. The van der Waals surface area contributed by atoms with Gasteiger partial charge in [0, 0.05) is 12.5 Å². The van der Waals surface area contributed by atoms with E-state index in [1.54, 1.807) is 26.9 Å². The summed E-state index contributed by atoms with van der Waals surface area (Å²) in [6.07, 6.45) is 5.34. The highest BCUT2D eigenvalue weighted by atomic mass is 31.2. The minimum Gasteiger partial charge on any atom is -0.508 e. The van der Waals surface area contributed by atoms with Gasteiger partial charge in [-0.05, 0) is 39.3 Å². The monoisotopic (exact) mass is 494 g/mol. The van der Waals surface area contributed by atoms with E-state index in [-0.39, 0.29) is 44.0 Å². The van der Waals surface area contributed by atoms with Gasteiger partial charge in [-0.25, -0.2) is 9.13 Å². The lowest BCUT2D eigenvalue weighted by molar-refractivity contribution is 0.0395. The van der Waals surface area contributed by atoms with Crippen molar-refractivity contribution in [2.24, 2.45) is 0 Å². The van der Waals surface area contributed by atoms with Crippen LogP contribution < -0.4 is 0 Å². The molecule has 1 rings (SSSR count). The Labute approximate surface area is 187 Å². The number of carbonyl (C=O) groups is 1. The van der Waals surface area contributed by atoms with Crippen LogP contribution in [-0.4, -0.2) is 48.5 Å². The van der Waals surface area contributed by atoms with Crippen LogP contribution in [0.15, 0.2) is 18.2 Å². The smallest absolute Gasteiger partial charge is 0.508 e. The molecule has 180 valence electrons. The minimum absolute atomic E-state index is 0.0167. The molecule has 0 amide bonds. The molecular weight excluding hydrogens is 466 g/mol. The Kier molecular flexibility index (Phi) is 12.0. The molecule has 0 bridgehead atoms. The standard InChI is InChI=1S/C19H28O11P2/c1-5-25-31(23,26-6-2)29-14-16(30-32(24,27-7-3)28-8-4)10-12-18(21)17-11-9-15(20)13-19(17)22/h1,9,11,13,16,20,22H,6-8,10,12,14H2,2-4H3. The Balaban J connectivity index is 2.99. The molecule has 0 saturated carbocycles. The first-order valence-electron chi connectivity index (χ1n) is 9.77. The Morgan fingerprint density at radius 2 is 1.62 bits per heavy atom. The van der Waals surface area contributed by atoms with E-state index in [4.69, 9.17) is 29.0 Å². The lowest BCUT2D eigenvalue weighted by Crippen LogP contribution is -2.21. The third kappa shape index (κ3) is 9.31. The first-order chi connectivity index (χ1) is 15.1. The van der Waals surface area contributed by atoms with Crippen LogP contribution in [0.2, 0.25) is 0 Å². The van der Waals surface area contributed by atoms with Gasteiger partial charge in [0.25, 0.3) is 0 Å². The van der Waals surface area contributed by atoms with Crippen LogP contribution in [0, 0.1) is 12.5 Å². The maximum atomic E-state index is 12.8. The van der Waals surface area contributed by atoms with Crippen molar-refractivity contribution >= 4 is 21.4 Å². The molecule has 32 heavy (non-hydrogen) atoms. The van der Waals surface area contributed by atoms with Gasteiger partial charge in [-0.2, -0.15) is 0 Å². The number of terminal acetylenes is 1. The summed E-state index contributed by atoms with van der Waals surface area (Å²) in [5.41, 5.74) is -0.0316. The molecule has 0 radical (unpaired) electrons. The number of ketones is 1. The molecule has 0 aliphatic heterocycles. The molecule has 2 unspecified atom stereocenters. The van der Waals surface area contributed by atoms with Crippen molar-refractivity contribution in [2.75, 3.05) is 26.4 Å². The maximum absolute atomic E-state index is 12.8. The fraction of sp³-hybridized carbons (Fsp3) is 0.526. The van der Waals surface area contributed by atoms with Gasteiger partial charge in [-0.1, -0.05) is 6.42 Å². The molecule has 0 aliphatic rings. The van der Waals surface area contributed by atoms with E-state index in [2.05, 4.69) is 4.52 Å². The van der Waals surface area contributed by atoms with Gasteiger partial charge >= 0.3 is 15.6 Å². The zero-order valence-corrected chi connectivity index (χ0v) is 19.9. The normalized spacial score (nSPS) is 14.3. The minimum atomic E-state index is -4.13. The number of carbonyl (C=O) groups excluding carboxylic acids is 1. The van der Waals surface area contributed by atoms with Crippen LogP contribution in [0.3, 0.4) is 0 Å². The first-order valence-corrected chi connectivity index (χ1v) is 12.7. The van der Waals surface area contributed by atoms with Crippen molar-refractivity contribution in [3.63, 3.8) is 0 Å². The second-order valence-corrected chi connectivity index (χ2v) is 9.26. The number of hydrogen-bond donors (Lipinski definition) is 2. The number of Topliss-reactive ketones (excluding diaryl/α,β-unsaturated/α-hetero) is 1. The molecule has 0 saturated heterocycles. The summed E-state index contributed by atoms with van der Waals surface area (Å²) in [6.45, 7) is 4.23. The van der Waals surface area contributed by atoms with Crippen molar-refractivity contribution in [2.45, 2.75) is 39.7 Å². The van der Waals surface area contributed by atoms with Gasteiger partial charge in [0.2, 0.25) is 0 Å². The van der Waals surface area contributed by atoms with E-state index < -0.39 is 39.9 Å². The summed E-state index contributed by atoms with van der Waals surface area (Å²) in [5.74, 6) is -1.10. The molecule has 2 atom stereocenters. The van der Waals surface area contributed by atoms with Crippen molar-refractivity contribution in [1.29, 1.82) is 0 Å². The van der Waals surface area contributed by atoms with Crippen LogP contribution in [0.4, 0.5) is 0 Å². The first kappa shape index (κ1) is 28.1. The van der Waals surface area contributed by atoms with E-state index in [9.17, 15) is 24.1 Å². The van der Waals surface area contributed by atoms with Crippen molar-refractivity contribution in [1.82, 2.24) is 0 Å². The van der Waals surface area contributed by atoms with Crippen LogP contribution in [0.25, 0.3) is 0 Å². The van der Waals surface area contributed by atoms with Gasteiger partial charge in [0.15, 0.2) is 5.78 Å². The van der Waals surface area contributed by atoms with Crippen LogP contribution in [0.1, 0.15) is 44.0 Å². The summed E-state index contributed by atoms with van der Waals surface area (Å²) in [5, 5.41) is 19.2. The van der Waals surface area contributed by atoms with Crippen molar-refractivity contribution in [3.05, 3.63) is 23.8 Å². The van der Waals surface area contributed by atoms with Gasteiger partial charge in [-0.3, -0.25) is 27.4 Å². The van der Waals surface area contributed by atoms with E-state index >= 15 is 0 Å². The Hall–Kier alpha value is -1.89. The lowest BCUT2D eigenvalue weighted by Gasteiger charge is -2.24. The average Bonchev–Trinajstić information content (AvgIpc) is 2.70. The molecule has 0 fully saturated rings. The Morgan fingerprint density at radius 1 is 1.03 bits per heavy atom. The van der Waals surface area contributed by atoms with Crippen molar-refractivity contribution in [3.8, 4) is 24.0 Å². The number of rotatable bonds is 16. The molecule has 0 heterocycles. The zero-order chi connectivity index (χ0) is 24.2. The van der Waals surface area contributed by atoms with E-state index in [0.29, 0.717) is 0 Å². The summed E-state index contributed by atoms with van der Waals surface area (Å²) in [6, 6.07) is 3.53. The number of phosphoric ester groups is 2. The van der Waals surface area contributed by atoms with Gasteiger partial charge in [0.05, 0.1) is 38.1 Å². The SMILES string of the molecule is C#COP(=O)(OCC)OCC(CCC(=O)c1ccc(O)cc1O)OP(=O)(OCC)OCC. The zero-order valence-electron chi connectivity index (χ0n) is 18.1. The topological polar surface area (TPSA) is 147 Å². The molecule has 1 aromatic rings. The second-order valence-electron chi connectivity index (χ2n) is 6.04.